The molecule has 0 N–H and O–H groups in total. The highest BCUT2D eigenvalue weighted by Gasteiger charge is 2.23. The lowest BCUT2D eigenvalue weighted by Crippen LogP contribution is -2.38. The van der Waals surface area contributed by atoms with Gasteiger partial charge in [-0.05, 0) is 31.4 Å². The van der Waals surface area contributed by atoms with E-state index in [9.17, 15) is 4.79 Å². The van der Waals surface area contributed by atoms with E-state index in [0.29, 0.717) is 24.9 Å². The highest BCUT2D eigenvalue weighted by atomic mass is 32.2. The van der Waals surface area contributed by atoms with E-state index in [1.807, 2.05) is 31.2 Å². The monoisotopic (exact) mass is 467 g/mol. The second kappa shape index (κ2) is 10.6. The number of thioether (sulfide) groups is 1. The van der Waals surface area contributed by atoms with Crippen LogP contribution in [-0.4, -0.2) is 57.2 Å². The second-order valence-corrected chi connectivity index (χ2v) is 9.90. The molecule has 0 atom stereocenters. The van der Waals surface area contributed by atoms with Gasteiger partial charge >= 0.3 is 0 Å². The van der Waals surface area contributed by atoms with Crippen LogP contribution in [0, 0.1) is 19.8 Å². The number of morpholine rings is 1. The van der Waals surface area contributed by atoms with Crippen molar-refractivity contribution in [2.75, 3.05) is 37.0 Å². The molecule has 0 bridgehead atoms. The molecular weight excluding hydrogens is 434 g/mol. The van der Waals surface area contributed by atoms with E-state index in [4.69, 9.17) is 4.74 Å². The highest BCUT2D eigenvalue weighted by molar-refractivity contribution is 7.99. The maximum absolute atomic E-state index is 13.2. The van der Waals surface area contributed by atoms with Crippen molar-refractivity contribution in [3.63, 3.8) is 0 Å². The maximum atomic E-state index is 13.2. The minimum absolute atomic E-state index is 0.124. The average molecular weight is 468 g/mol. The molecule has 1 saturated heterocycles. The first-order valence-corrected chi connectivity index (χ1v) is 12.5. The van der Waals surface area contributed by atoms with Gasteiger partial charge in [-0.1, -0.05) is 55.9 Å². The summed E-state index contributed by atoms with van der Waals surface area (Å²) in [6.45, 7) is 13.1. The van der Waals surface area contributed by atoms with Gasteiger partial charge in [0.15, 0.2) is 10.9 Å². The molecule has 1 aliphatic rings. The number of carbonyl (C=O) groups is 1. The molecule has 2 aromatic heterocycles. The van der Waals surface area contributed by atoms with E-state index in [-0.39, 0.29) is 5.78 Å². The van der Waals surface area contributed by atoms with Crippen LogP contribution in [0.5, 0.6) is 0 Å². The van der Waals surface area contributed by atoms with E-state index < -0.39 is 0 Å². The molecule has 33 heavy (non-hydrogen) atoms. The molecule has 176 valence electrons. The van der Waals surface area contributed by atoms with Gasteiger partial charge in [-0.25, -0.2) is 0 Å². The highest BCUT2D eigenvalue weighted by Crippen LogP contribution is 2.26. The molecule has 0 saturated carbocycles. The van der Waals surface area contributed by atoms with E-state index in [1.165, 1.54) is 17.3 Å². The summed E-state index contributed by atoms with van der Waals surface area (Å²) in [6, 6.07) is 12.4. The Balaban J connectivity index is 1.49. The van der Waals surface area contributed by atoms with E-state index in [2.05, 4.69) is 57.1 Å². The molecule has 8 heteroatoms. The second-order valence-electron chi connectivity index (χ2n) is 8.95. The molecule has 7 nitrogen and oxygen atoms in total. The summed E-state index contributed by atoms with van der Waals surface area (Å²) in [7, 11) is 0. The Kier molecular flexibility index (Phi) is 7.55. The third kappa shape index (κ3) is 5.50. The molecule has 0 spiro atoms. The van der Waals surface area contributed by atoms with Crippen molar-refractivity contribution >= 4 is 23.5 Å². The van der Waals surface area contributed by atoms with Crippen LogP contribution in [0.4, 0.5) is 5.95 Å². The summed E-state index contributed by atoms with van der Waals surface area (Å²) in [4.78, 5) is 15.4. The number of ether oxygens (including phenoxy) is 1. The number of benzene rings is 1. The van der Waals surface area contributed by atoms with Gasteiger partial charge in [0.2, 0.25) is 5.95 Å². The third-order valence-electron chi connectivity index (χ3n) is 5.93. The molecule has 3 heterocycles. The number of Topliss-reactive ketones (excluding diaryl/α,β-unsaturated/α-hetero) is 1. The summed E-state index contributed by atoms with van der Waals surface area (Å²) >= 11 is 1.48. The number of hydrogen-bond donors (Lipinski definition) is 0. The number of carbonyl (C=O) groups excluding carboxylic acids is 1. The van der Waals surface area contributed by atoms with Crippen molar-refractivity contribution in [2.45, 2.75) is 45.9 Å². The molecule has 1 aromatic carbocycles. The van der Waals surface area contributed by atoms with E-state index in [0.717, 1.165) is 54.2 Å². The fourth-order valence-corrected chi connectivity index (χ4v) is 5.04. The lowest BCUT2D eigenvalue weighted by Gasteiger charge is -2.28. The van der Waals surface area contributed by atoms with Gasteiger partial charge in [-0.3, -0.25) is 9.36 Å². The minimum Gasteiger partial charge on any atom is -0.378 e. The van der Waals surface area contributed by atoms with Gasteiger partial charge in [0.1, 0.15) is 0 Å². The summed E-state index contributed by atoms with van der Waals surface area (Å²) in [5, 5.41) is 9.72. The van der Waals surface area contributed by atoms with Crippen LogP contribution in [0.2, 0.25) is 0 Å². The Morgan fingerprint density at radius 1 is 1.09 bits per heavy atom. The Hall–Kier alpha value is -2.58. The SMILES string of the molecule is Cc1cc(C(=O)CSc2nnc(N3CCOCC3)n2CC(C)C)c(C)n1Cc1ccccc1. The molecule has 0 amide bonds. The summed E-state index contributed by atoms with van der Waals surface area (Å²) < 4.78 is 9.86. The minimum atomic E-state index is 0.124. The number of aromatic nitrogens is 4. The van der Waals surface area contributed by atoms with Crippen molar-refractivity contribution in [1.82, 2.24) is 19.3 Å². The quantitative estimate of drug-likeness (QED) is 0.347. The molecule has 4 rings (SSSR count). The fourth-order valence-electron chi connectivity index (χ4n) is 4.21. The first-order valence-electron chi connectivity index (χ1n) is 11.6. The normalized spacial score (nSPS) is 14.3. The average Bonchev–Trinajstić information content (AvgIpc) is 3.34. The summed E-state index contributed by atoms with van der Waals surface area (Å²) in [5.41, 5.74) is 4.13. The van der Waals surface area contributed by atoms with Crippen LogP contribution in [-0.2, 0) is 17.8 Å². The zero-order valence-electron chi connectivity index (χ0n) is 20.0. The smallest absolute Gasteiger partial charge is 0.228 e. The first-order chi connectivity index (χ1) is 15.9. The van der Waals surface area contributed by atoms with Crippen LogP contribution in [0.25, 0.3) is 0 Å². The number of nitrogens with zero attached hydrogens (tertiary/aromatic N) is 5. The van der Waals surface area contributed by atoms with Gasteiger partial charge in [0, 0.05) is 43.1 Å². The van der Waals surface area contributed by atoms with Crippen molar-refractivity contribution in [3.8, 4) is 0 Å². The molecule has 0 radical (unpaired) electrons. The molecule has 1 fully saturated rings. The van der Waals surface area contributed by atoms with Crippen LogP contribution in [0.1, 0.15) is 41.2 Å². The molecule has 0 aliphatic carbocycles. The van der Waals surface area contributed by atoms with Crippen LogP contribution in [0.15, 0.2) is 41.6 Å². The molecule has 0 unspecified atom stereocenters. The molecule has 3 aromatic rings. The Morgan fingerprint density at radius 2 is 1.82 bits per heavy atom. The maximum Gasteiger partial charge on any atom is 0.228 e. The molecular formula is C25H33N5O2S. The number of rotatable bonds is 9. The Bertz CT molecular complexity index is 1080. The number of anilines is 1. The third-order valence-corrected chi connectivity index (χ3v) is 6.90. The van der Waals surface area contributed by atoms with Crippen molar-refractivity contribution in [3.05, 3.63) is 58.9 Å². The lowest BCUT2D eigenvalue weighted by molar-refractivity contribution is 0.102. The van der Waals surface area contributed by atoms with Gasteiger partial charge < -0.3 is 14.2 Å². The van der Waals surface area contributed by atoms with Crippen molar-refractivity contribution in [2.24, 2.45) is 5.92 Å². The Morgan fingerprint density at radius 3 is 2.52 bits per heavy atom. The zero-order chi connectivity index (χ0) is 23.4. The number of hydrogen-bond acceptors (Lipinski definition) is 6. The molecule has 1 aliphatic heterocycles. The van der Waals surface area contributed by atoms with E-state index in [1.54, 1.807) is 0 Å². The van der Waals surface area contributed by atoms with Gasteiger partial charge in [0.25, 0.3) is 0 Å². The van der Waals surface area contributed by atoms with Crippen molar-refractivity contribution in [1.29, 1.82) is 0 Å². The predicted octanol–water partition coefficient (Wildman–Crippen LogP) is 4.21. The largest absolute Gasteiger partial charge is 0.378 e. The Labute approximate surface area is 200 Å². The standard InChI is InChI=1S/C25H33N5O2S/c1-18(2)15-30-24(28-10-12-32-13-11-28)26-27-25(30)33-17-23(31)22-14-19(3)29(20(22)4)16-21-8-6-5-7-9-21/h5-9,14,18H,10-13,15-17H2,1-4H3. The number of ketones is 1. The fraction of sp³-hybridized carbons (Fsp3) is 0.480. The lowest BCUT2D eigenvalue weighted by atomic mass is 10.2. The number of aryl methyl sites for hydroxylation is 1. The van der Waals surface area contributed by atoms with Crippen LogP contribution in [0.3, 0.4) is 0 Å². The van der Waals surface area contributed by atoms with Gasteiger partial charge in [-0.15, -0.1) is 10.2 Å². The van der Waals surface area contributed by atoms with Crippen LogP contribution >= 0.6 is 11.8 Å². The van der Waals surface area contributed by atoms with Crippen LogP contribution < -0.4 is 4.90 Å². The summed E-state index contributed by atoms with van der Waals surface area (Å²) in [5.74, 6) is 1.80. The topological polar surface area (TPSA) is 65.2 Å². The van der Waals surface area contributed by atoms with E-state index >= 15 is 0 Å². The summed E-state index contributed by atoms with van der Waals surface area (Å²) in [6.07, 6.45) is 0. The predicted molar refractivity (Wildman–Crippen MR) is 132 cm³/mol. The zero-order valence-corrected chi connectivity index (χ0v) is 20.8. The first kappa shape index (κ1) is 23.6. The van der Waals surface area contributed by atoms with Crippen molar-refractivity contribution < 1.29 is 9.53 Å². The van der Waals surface area contributed by atoms with Gasteiger partial charge in [0.05, 0.1) is 19.0 Å². The van der Waals surface area contributed by atoms with Gasteiger partial charge in [-0.2, -0.15) is 0 Å².